The summed E-state index contributed by atoms with van der Waals surface area (Å²) in [5, 5.41) is 5.82. The molecule has 0 aromatic heterocycles. The van der Waals surface area contributed by atoms with Gasteiger partial charge in [0.05, 0.1) is 13.2 Å². The van der Waals surface area contributed by atoms with Crippen LogP contribution in [-0.4, -0.2) is 56.8 Å². The molecule has 2 aromatic rings. The van der Waals surface area contributed by atoms with Crippen LogP contribution in [0.4, 0.5) is 10.5 Å². The summed E-state index contributed by atoms with van der Waals surface area (Å²) in [5.74, 6) is 0.871. The Morgan fingerprint density at radius 3 is 2.71 bits per heavy atom. The Bertz CT molecular complexity index is 869. The van der Waals surface area contributed by atoms with Crippen molar-refractivity contribution in [3.63, 3.8) is 0 Å². The summed E-state index contributed by atoms with van der Waals surface area (Å²) in [6.07, 6.45) is 1.91. The van der Waals surface area contributed by atoms with Gasteiger partial charge in [0.1, 0.15) is 5.75 Å². The summed E-state index contributed by atoms with van der Waals surface area (Å²) < 4.78 is 10.4. The molecule has 0 bridgehead atoms. The number of hydrogen-bond donors (Lipinski definition) is 2. The van der Waals surface area contributed by atoms with Crippen LogP contribution in [-0.2, 0) is 4.74 Å². The monoisotopic (exact) mass is 425 g/mol. The average molecular weight is 426 g/mol. The van der Waals surface area contributed by atoms with E-state index in [0.717, 1.165) is 36.4 Å². The fraction of sp³-hybridized carbons (Fsp3) is 0.417. The van der Waals surface area contributed by atoms with E-state index in [1.54, 1.807) is 7.11 Å². The van der Waals surface area contributed by atoms with Crippen molar-refractivity contribution >= 4 is 17.6 Å². The molecule has 31 heavy (non-hydrogen) atoms. The second kappa shape index (κ2) is 11.4. The highest BCUT2D eigenvalue weighted by Gasteiger charge is 2.25. The third-order valence-electron chi connectivity index (χ3n) is 5.34. The Morgan fingerprint density at radius 2 is 1.97 bits per heavy atom. The summed E-state index contributed by atoms with van der Waals surface area (Å²) in [7, 11) is 1.60. The van der Waals surface area contributed by atoms with Gasteiger partial charge < -0.3 is 25.0 Å². The summed E-state index contributed by atoms with van der Waals surface area (Å²) in [4.78, 5) is 27.0. The fourth-order valence-corrected chi connectivity index (χ4v) is 3.74. The maximum absolute atomic E-state index is 12.8. The van der Waals surface area contributed by atoms with E-state index in [1.807, 2.05) is 60.4 Å². The van der Waals surface area contributed by atoms with Crippen LogP contribution in [0.3, 0.4) is 0 Å². The van der Waals surface area contributed by atoms with Gasteiger partial charge in [0.15, 0.2) is 0 Å². The van der Waals surface area contributed by atoms with Gasteiger partial charge in [-0.2, -0.15) is 0 Å². The Hall–Kier alpha value is -3.06. The van der Waals surface area contributed by atoms with Crippen molar-refractivity contribution in [3.05, 3.63) is 59.7 Å². The maximum atomic E-state index is 12.8. The first-order valence-electron chi connectivity index (χ1n) is 10.8. The SMILES string of the molecule is CCOc1ccc(NC(=O)N2CCC[C@@H](c3cccc(C(=O)NCCOC)c3)C2)cc1. The number of carbonyl (C=O) groups is 2. The van der Waals surface area contributed by atoms with Crippen LogP contribution in [0.1, 0.15) is 41.6 Å². The normalized spacial score (nSPS) is 15.9. The lowest BCUT2D eigenvalue weighted by molar-refractivity contribution is 0.0937. The summed E-state index contributed by atoms with van der Waals surface area (Å²) in [6.45, 7) is 4.84. The highest BCUT2D eigenvalue weighted by atomic mass is 16.5. The van der Waals surface area contributed by atoms with Gasteiger partial charge in [-0.1, -0.05) is 12.1 Å². The van der Waals surface area contributed by atoms with Gasteiger partial charge in [-0.25, -0.2) is 4.79 Å². The van der Waals surface area contributed by atoms with E-state index < -0.39 is 0 Å². The molecule has 166 valence electrons. The fourth-order valence-electron chi connectivity index (χ4n) is 3.74. The van der Waals surface area contributed by atoms with Crippen LogP contribution in [0.2, 0.25) is 0 Å². The second-order valence-electron chi connectivity index (χ2n) is 7.55. The number of urea groups is 1. The molecule has 3 rings (SSSR count). The molecule has 7 heteroatoms. The minimum Gasteiger partial charge on any atom is -0.494 e. The summed E-state index contributed by atoms with van der Waals surface area (Å²) in [6, 6.07) is 15.0. The molecule has 0 aliphatic carbocycles. The highest BCUT2D eigenvalue weighted by molar-refractivity contribution is 5.94. The van der Waals surface area contributed by atoms with Gasteiger partial charge in [0.2, 0.25) is 0 Å². The highest BCUT2D eigenvalue weighted by Crippen LogP contribution is 2.28. The number of nitrogens with zero attached hydrogens (tertiary/aromatic N) is 1. The maximum Gasteiger partial charge on any atom is 0.321 e. The Labute approximate surface area is 183 Å². The van der Waals surface area contributed by atoms with Gasteiger partial charge >= 0.3 is 6.03 Å². The molecule has 1 atom stereocenters. The van der Waals surface area contributed by atoms with Crippen molar-refractivity contribution in [2.75, 3.05) is 45.3 Å². The first-order valence-corrected chi connectivity index (χ1v) is 10.8. The molecule has 7 nitrogen and oxygen atoms in total. The molecule has 2 N–H and O–H groups in total. The standard InChI is InChI=1S/C24H31N3O4/c1-3-31-22-11-9-21(10-12-22)26-24(29)27-14-5-8-20(17-27)18-6-4-7-19(16-18)23(28)25-13-15-30-2/h4,6-7,9-12,16,20H,3,5,8,13-15,17H2,1-2H3,(H,25,28)(H,26,29)/t20-/m1/s1. The van der Waals surface area contributed by atoms with Gasteiger partial charge in [-0.15, -0.1) is 0 Å². The molecule has 1 heterocycles. The predicted octanol–water partition coefficient (Wildman–Crippen LogP) is 3.87. The number of amides is 3. The molecular weight excluding hydrogens is 394 g/mol. The lowest BCUT2D eigenvalue weighted by Crippen LogP contribution is -2.41. The van der Waals surface area contributed by atoms with Crippen LogP contribution in [0.15, 0.2) is 48.5 Å². The minimum absolute atomic E-state index is 0.109. The zero-order valence-electron chi connectivity index (χ0n) is 18.2. The number of methoxy groups -OCH3 is 1. The quantitative estimate of drug-likeness (QED) is 0.629. The number of anilines is 1. The van der Waals surface area contributed by atoms with E-state index in [1.165, 1.54) is 0 Å². The topological polar surface area (TPSA) is 79.9 Å². The van der Waals surface area contributed by atoms with Crippen molar-refractivity contribution in [2.45, 2.75) is 25.7 Å². The number of carbonyl (C=O) groups excluding carboxylic acids is 2. The molecule has 0 saturated carbocycles. The third kappa shape index (κ3) is 6.46. The van der Waals surface area contributed by atoms with Crippen LogP contribution < -0.4 is 15.4 Å². The number of rotatable bonds is 8. The van der Waals surface area contributed by atoms with E-state index in [0.29, 0.717) is 31.9 Å². The van der Waals surface area contributed by atoms with Crippen LogP contribution in [0.5, 0.6) is 5.75 Å². The zero-order chi connectivity index (χ0) is 22.1. The molecule has 0 spiro atoms. The first-order chi connectivity index (χ1) is 15.1. The Kier molecular flexibility index (Phi) is 8.29. The number of piperidine rings is 1. The number of benzene rings is 2. The smallest absolute Gasteiger partial charge is 0.321 e. The molecule has 1 saturated heterocycles. The van der Waals surface area contributed by atoms with Gasteiger partial charge in [0.25, 0.3) is 5.91 Å². The first kappa shape index (κ1) is 22.6. The Balaban J connectivity index is 1.60. The lowest BCUT2D eigenvalue weighted by atomic mass is 9.89. The van der Waals surface area contributed by atoms with Crippen molar-refractivity contribution in [3.8, 4) is 5.75 Å². The molecule has 2 aromatic carbocycles. The molecular formula is C24H31N3O4. The van der Waals surface area contributed by atoms with E-state index in [-0.39, 0.29) is 17.9 Å². The zero-order valence-corrected chi connectivity index (χ0v) is 18.2. The van der Waals surface area contributed by atoms with E-state index in [4.69, 9.17) is 9.47 Å². The largest absolute Gasteiger partial charge is 0.494 e. The molecule has 1 aliphatic rings. The van der Waals surface area contributed by atoms with E-state index >= 15 is 0 Å². The van der Waals surface area contributed by atoms with Crippen LogP contribution in [0, 0.1) is 0 Å². The number of hydrogen-bond acceptors (Lipinski definition) is 4. The molecule has 1 aliphatic heterocycles. The summed E-state index contributed by atoms with van der Waals surface area (Å²) in [5.41, 5.74) is 2.45. The molecule has 1 fully saturated rings. The van der Waals surface area contributed by atoms with E-state index in [2.05, 4.69) is 10.6 Å². The average Bonchev–Trinajstić information content (AvgIpc) is 2.81. The lowest BCUT2D eigenvalue weighted by Gasteiger charge is -2.33. The number of likely N-dealkylation sites (tertiary alicyclic amines) is 1. The third-order valence-corrected chi connectivity index (χ3v) is 5.34. The predicted molar refractivity (Wildman–Crippen MR) is 121 cm³/mol. The number of ether oxygens (including phenoxy) is 2. The van der Waals surface area contributed by atoms with Crippen LogP contribution in [0.25, 0.3) is 0 Å². The molecule has 3 amide bonds. The van der Waals surface area contributed by atoms with Gasteiger partial charge in [-0.3, -0.25) is 4.79 Å². The molecule has 0 unspecified atom stereocenters. The van der Waals surface area contributed by atoms with Gasteiger partial charge in [0, 0.05) is 43.9 Å². The van der Waals surface area contributed by atoms with Crippen molar-refractivity contribution < 1.29 is 19.1 Å². The second-order valence-corrected chi connectivity index (χ2v) is 7.55. The van der Waals surface area contributed by atoms with Crippen molar-refractivity contribution in [1.29, 1.82) is 0 Å². The van der Waals surface area contributed by atoms with Gasteiger partial charge in [-0.05, 0) is 61.7 Å². The van der Waals surface area contributed by atoms with Crippen molar-refractivity contribution in [2.24, 2.45) is 0 Å². The Morgan fingerprint density at radius 1 is 1.16 bits per heavy atom. The summed E-state index contributed by atoms with van der Waals surface area (Å²) >= 11 is 0. The molecule has 0 radical (unpaired) electrons. The van der Waals surface area contributed by atoms with Crippen LogP contribution >= 0.6 is 0 Å². The minimum atomic E-state index is -0.111. The van der Waals surface area contributed by atoms with E-state index in [9.17, 15) is 9.59 Å². The number of nitrogens with one attached hydrogen (secondary N) is 2. The van der Waals surface area contributed by atoms with Crippen molar-refractivity contribution in [1.82, 2.24) is 10.2 Å².